The number of hydrogen-bond acceptors (Lipinski definition) is 5. The number of nitrogens with zero attached hydrogens (tertiary/aromatic N) is 3. The van der Waals surface area contributed by atoms with Gasteiger partial charge < -0.3 is 20.7 Å². The van der Waals surface area contributed by atoms with E-state index in [1.165, 1.54) is 0 Å². The molecule has 1 saturated carbocycles. The van der Waals surface area contributed by atoms with E-state index in [0.29, 0.717) is 23.6 Å². The largest absolute Gasteiger partial charge is 0.478 e. The van der Waals surface area contributed by atoms with Crippen LogP contribution < -0.4 is 10.6 Å². The summed E-state index contributed by atoms with van der Waals surface area (Å²) in [5, 5.41) is 9.91. The van der Waals surface area contributed by atoms with E-state index in [2.05, 4.69) is 15.0 Å². The molecular formula is C23H25N5O2. The smallest absolute Gasteiger partial charge is 0.337 e. The lowest BCUT2D eigenvalue weighted by atomic mass is 9.88. The Bertz CT molecular complexity index is 1130. The standard InChI is InChI=1S/C23H25N5O2/c1-28(2)18-8-6-14(11-26-18)17-9-16-13(10-25-17)5-7-15-19(23(29)30)22(27-21(15)16)20(24)12-3-4-12/h6,8-12,20,27H,3-5,7,24H2,1-2H3,(H,29,30). The molecule has 4 N–H and O–H groups in total. The lowest BCUT2D eigenvalue weighted by Gasteiger charge is -2.18. The number of nitrogens with one attached hydrogen (secondary N) is 1. The Morgan fingerprint density at radius 1 is 1.23 bits per heavy atom. The molecule has 30 heavy (non-hydrogen) atoms. The lowest BCUT2D eigenvalue weighted by molar-refractivity contribution is 0.0694. The summed E-state index contributed by atoms with van der Waals surface area (Å²) in [6, 6.07) is 5.75. The molecule has 1 atom stereocenters. The number of carbonyl (C=O) groups is 1. The van der Waals surface area contributed by atoms with Crippen LogP contribution in [0.1, 0.15) is 46.1 Å². The number of aryl methyl sites for hydroxylation is 1. The number of aromatic amines is 1. The first-order valence-electron chi connectivity index (χ1n) is 10.3. The van der Waals surface area contributed by atoms with Crippen LogP contribution in [0.5, 0.6) is 0 Å². The van der Waals surface area contributed by atoms with Crippen LogP contribution in [0.4, 0.5) is 5.82 Å². The normalized spacial score (nSPS) is 16.0. The molecule has 0 aliphatic heterocycles. The Morgan fingerprint density at radius 3 is 2.67 bits per heavy atom. The number of H-pyrrole nitrogens is 1. The van der Waals surface area contributed by atoms with E-state index in [1.54, 1.807) is 0 Å². The summed E-state index contributed by atoms with van der Waals surface area (Å²) in [4.78, 5) is 26.6. The molecule has 0 amide bonds. The number of carboxylic acid groups (broad SMARTS) is 1. The summed E-state index contributed by atoms with van der Waals surface area (Å²) in [6.45, 7) is 0. The molecule has 3 aromatic rings. The number of hydrogen-bond donors (Lipinski definition) is 3. The fourth-order valence-corrected chi connectivity index (χ4v) is 4.36. The highest BCUT2D eigenvalue weighted by molar-refractivity contribution is 5.95. The number of fused-ring (bicyclic) bond motifs is 3. The van der Waals surface area contributed by atoms with Crippen molar-refractivity contribution in [1.82, 2.24) is 15.0 Å². The van der Waals surface area contributed by atoms with Gasteiger partial charge in [-0.05, 0) is 60.9 Å². The van der Waals surface area contributed by atoms with Crippen LogP contribution in [0.15, 0.2) is 30.6 Å². The third-order valence-corrected chi connectivity index (χ3v) is 6.21. The minimum Gasteiger partial charge on any atom is -0.478 e. The van der Waals surface area contributed by atoms with Gasteiger partial charge in [-0.1, -0.05) is 0 Å². The summed E-state index contributed by atoms with van der Waals surface area (Å²) in [5.41, 5.74) is 13.1. The molecule has 0 aromatic carbocycles. The van der Waals surface area contributed by atoms with Gasteiger partial charge in [0, 0.05) is 49.4 Å². The molecular weight excluding hydrogens is 378 g/mol. The van der Waals surface area contributed by atoms with Gasteiger partial charge in [-0.15, -0.1) is 0 Å². The van der Waals surface area contributed by atoms with E-state index >= 15 is 0 Å². The summed E-state index contributed by atoms with van der Waals surface area (Å²) < 4.78 is 0. The second-order valence-electron chi connectivity index (χ2n) is 8.46. The minimum atomic E-state index is -0.903. The van der Waals surface area contributed by atoms with Crippen molar-refractivity contribution in [3.8, 4) is 22.5 Å². The Kier molecular flexibility index (Phi) is 4.36. The highest BCUT2D eigenvalue weighted by atomic mass is 16.4. The van der Waals surface area contributed by atoms with Crippen LogP contribution >= 0.6 is 0 Å². The molecule has 7 heteroatoms. The van der Waals surface area contributed by atoms with Gasteiger partial charge in [0.1, 0.15) is 5.82 Å². The number of nitrogens with two attached hydrogens (primary N) is 1. The first-order chi connectivity index (χ1) is 14.4. The first-order valence-corrected chi connectivity index (χ1v) is 10.3. The zero-order valence-corrected chi connectivity index (χ0v) is 17.1. The number of aromatic nitrogens is 3. The monoisotopic (exact) mass is 403 g/mol. The molecule has 0 radical (unpaired) electrons. The summed E-state index contributed by atoms with van der Waals surface area (Å²) >= 11 is 0. The number of anilines is 1. The molecule has 7 nitrogen and oxygen atoms in total. The van der Waals surface area contributed by atoms with Crippen molar-refractivity contribution < 1.29 is 9.90 Å². The van der Waals surface area contributed by atoms with Crippen LogP contribution in [-0.2, 0) is 12.8 Å². The quantitative estimate of drug-likeness (QED) is 0.602. The Labute approximate surface area is 175 Å². The van der Waals surface area contributed by atoms with Crippen LogP contribution in [-0.4, -0.2) is 40.1 Å². The fraction of sp³-hybridized carbons (Fsp3) is 0.348. The molecule has 2 aliphatic rings. The van der Waals surface area contributed by atoms with Crippen molar-refractivity contribution in [2.24, 2.45) is 11.7 Å². The molecule has 154 valence electrons. The number of carboxylic acids is 1. The zero-order valence-electron chi connectivity index (χ0n) is 17.1. The molecule has 0 spiro atoms. The SMILES string of the molecule is CN(C)c1ccc(-c2cc3c(cn2)CCc2c-3[nH]c(C(N)C3CC3)c2C(=O)O)cn1. The highest BCUT2D eigenvalue weighted by Gasteiger charge is 2.36. The molecule has 2 aliphatic carbocycles. The van der Waals surface area contributed by atoms with Gasteiger partial charge in [0.15, 0.2) is 0 Å². The third kappa shape index (κ3) is 3.06. The zero-order chi connectivity index (χ0) is 21.0. The summed E-state index contributed by atoms with van der Waals surface area (Å²) in [5.74, 6) is 0.352. The molecule has 1 unspecified atom stereocenters. The lowest BCUT2D eigenvalue weighted by Crippen LogP contribution is -2.17. The second-order valence-corrected chi connectivity index (χ2v) is 8.46. The first kappa shape index (κ1) is 18.8. The van der Waals surface area contributed by atoms with Crippen LogP contribution in [0.25, 0.3) is 22.5 Å². The van der Waals surface area contributed by atoms with Crippen LogP contribution in [0.2, 0.25) is 0 Å². The molecule has 3 aromatic heterocycles. The fourth-order valence-electron chi connectivity index (χ4n) is 4.36. The van der Waals surface area contributed by atoms with E-state index in [9.17, 15) is 9.90 Å². The van der Waals surface area contributed by atoms with Gasteiger partial charge in [-0.25, -0.2) is 9.78 Å². The van der Waals surface area contributed by atoms with E-state index in [4.69, 9.17) is 5.73 Å². The maximum absolute atomic E-state index is 12.1. The van der Waals surface area contributed by atoms with Crippen LogP contribution in [0, 0.1) is 5.92 Å². The number of rotatable bonds is 5. The third-order valence-electron chi connectivity index (χ3n) is 6.21. The van der Waals surface area contributed by atoms with Gasteiger partial charge >= 0.3 is 5.97 Å². The Balaban J connectivity index is 1.60. The van der Waals surface area contributed by atoms with Crippen molar-refractivity contribution in [3.05, 3.63) is 53.0 Å². The Morgan fingerprint density at radius 2 is 2.03 bits per heavy atom. The van der Waals surface area contributed by atoms with Gasteiger partial charge in [0.2, 0.25) is 0 Å². The molecule has 0 saturated heterocycles. The molecule has 5 rings (SSSR count). The van der Waals surface area contributed by atoms with Gasteiger partial charge in [-0.3, -0.25) is 4.98 Å². The predicted octanol–water partition coefficient (Wildman–Crippen LogP) is 3.41. The van der Waals surface area contributed by atoms with Crippen molar-refractivity contribution in [1.29, 1.82) is 0 Å². The van der Waals surface area contributed by atoms with Gasteiger partial charge in [-0.2, -0.15) is 0 Å². The minimum absolute atomic E-state index is 0.255. The number of pyridine rings is 2. The second kappa shape index (κ2) is 6.95. The molecule has 1 fully saturated rings. The van der Waals surface area contributed by atoms with E-state index in [-0.39, 0.29) is 6.04 Å². The predicted molar refractivity (Wildman–Crippen MR) is 116 cm³/mol. The molecule has 0 bridgehead atoms. The van der Waals surface area contributed by atoms with Crippen LogP contribution in [0.3, 0.4) is 0 Å². The van der Waals surface area contributed by atoms with Crippen molar-refractivity contribution in [3.63, 3.8) is 0 Å². The van der Waals surface area contributed by atoms with E-state index in [1.807, 2.05) is 49.6 Å². The van der Waals surface area contributed by atoms with Gasteiger partial charge in [0.25, 0.3) is 0 Å². The van der Waals surface area contributed by atoms with E-state index < -0.39 is 5.97 Å². The van der Waals surface area contributed by atoms with Gasteiger partial charge in [0.05, 0.1) is 17.0 Å². The van der Waals surface area contributed by atoms with Crippen molar-refractivity contribution >= 4 is 11.8 Å². The average molecular weight is 403 g/mol. The number of aromatic carboxylic acids is 1. The Hall–Kier alpha value is -3.19. The topological polar surface area (TPSA) is 108 Å². The van der Waals surface area contributed by atoms with E-state index in [0.717, 1.165) is 58.7 Å². The summed E-state index contributed by atoms with van der Waals surface area (Å²) in [7, 11) is 3.91. The average Bonchev–Trinajstić information content (AvgIpc) is 3.51. The maximum atomic E-state index is 12.1. The maximum Gasteiger partial charge on any atom is 0.337 e. The molecule has 3 heterocycles. The highest BCUT2D eigenvalue weighted by Crippen LogP contribution is 2.44. The van der Waals surface area contributed by atoms with Crippen molar-refractivity contribution in [2.45, 2.75) is 31.7 Å². The summed E-state index contributed by atoms with van der Waals surface area (Å²) in [6.07, 6.45) is 7.28. The van der Waals surface area contributed by atoms with Crippen molar-refractivity contribution in [2.75, 3.05) is 19.0 Å².